The second kappa shape index (κ2) is 10.4. The number of nitrogens with zero attached hydrogens (tertiary/aromatic N) is 1. The third-order valence-electron chi connectivity index (χ3n) is 5.71. The highest BCUT2D eigenvalue weighted by molar-refractivity contribution is 7.53. The van der Waals surface area contributed by atoms with E-state index in [9.17, 15) is 9.67 Å². The largest absolute Gasteiger partial charge is 0.507 e. The second-order valence-electron chi connectivity index (χ2n) is 10.4. The topological polar surface area (TPSA) is 59.0 Å². The van der Waals surface area contributed by atoms with Crippen LogP contribution in [-0.4, -0.2) is 32.2 Å². The van der Waals surface area contributed by atoms with Crippen molar-refractivity contribution in [2.24, 2.45) is 0 Å². The van der Waals surface area contributed by atoms with E-state index in [-0.39, 0.29) is 17.1 Å². The van der Waals surface area contributed by atoms with E-state index in [0.717, 1.165) is 29.7 Å². The van der Waals surface area contributed by atoms with E-state index in [4.69, 9.17) is 9.05 Å². The first-order chi connectivity index (χ1) is 14.8. The van der Waals surface area contributed by atoms with Crippen LogP contribution in [0.1, 0.15) is 64.7 Å². The van der Waals surface area contributed by atoms with Gasteiger partial charge in [0, 0.05) is 37.6 Å². The quantitative estimate of drug-likeness (QED) is 0.413. The Labute approximate surface area is 194 Å². The van der Waals surface area contributed by atoms with Crippen LogP contribution < -0.4 is 4.90 Å². The number of phenolic OH excluding ortho intramolecular Hbond substituents is 1. The smallest absolute Gasteiger partial charge is 0.349 e. The lowest BCUT2D eigenvalue weighted by atomic mass is 9.79. The van der Waals surface area contributed by atoms with Gasteiger partial charge in [-0.2, -0.15) is 0 Å². The predicted molar refractivity (Wildman–Crippen MR) is 134 cm³/mol. The van der Waals surface area contributed by atoms with Crippen LogP contribution in [0.15, 0.2) is 42.5 Å². The van der Waals surface area contributed by atoms with Gasteiger partial charge in [0.15, 0.2) is 0 Å². The molecule has 0 aliphatic carbocycles. The molecule has 0 aliphatic rings. The molecule has 0 heterocycles. The van der Waals surface area contributed by atoms with E-state index in [1.807, 2.05) is 30.3 Å². The standard InChI is InChI=1S/C26H40NO4P/c1-25(2,3)22-17-21(18-23(24(22)28)26(4,5)6)27(19-32(29,30-7)31-8)16-12-15-20-13-10-9-11-14-20/h9-11,13-14,17-18,28H,12,15-16,19H2,1-8H3. The van der Waals surface area contributed by atoms with Crippen molar-refractivity contribution in [3.63, 3.8) is 0 Å². The van der Waals surface area contributed by atoms with Crippen LogP contribution in [0.5, 0.6) is 5.75 Å². The lowest BCUT2D eigenvalue weighted by Gasteiger charge is -2.33. The normalized spacial score (nSPS) is 12.8. The van der Waals surface area contributed by atoms with Crippen LogP contribution in [0.3, 0.4) is 0 Å². The number of benzene rings is 2. The molecule has 2 aromatic rings. The Bertz CT molecular complexity index is 886. The maximum Gasteiger partial charge on any atom is 0.349 e. The van der Waals surface area contributed by atoms with E-state index in [1.165, 1.54) is 19.8 Å². The number of rotatable bonds is 9. The van der Waals surface area contributed by atoms with E-state index in [2.05, 4.69) is 58.6 Å². The summed E-state index contributed by atoms with van der Waals surface area (Å²) >= 11 is 0. The maximum absolute atomic E-state index is 13.1. The van der Waals surface area contributed by atoms with Crippen molar-refractivity contribution < 1.29 is 18.7 Å². The molecule has 0 radical (unpaired) electrons. The zero-order valence-electron chi connectivity index (χ0n) is 20.9. The van der Waals surface area contributed by atoms with Crippen molar-refractivity contribution in [1.82, 2.24) is 0 Å². The Kier molecular flexibility index (Phi) is 8.61. The first kappa shape index (κ1) is 26.4. The summed E-state index contributed by atoms with van der Waals surface area (Å²) in [5, 5.41) is 11.1. The molecule has 0 bridgehead atoms. The molecule has 0 unspecified atom stereocenters. The van der Waals surface area contributed by atoms with Gasteiger partial charge in [-0.1, -0.05) is 71.9 Å². The SMILES string of the molecule is COP(=O)(CN(CCCc1ccccc1)c1cc(C(C)(C)C)c(O)c(C(C)(C)C)c1)OC. The Balaban J connectivity index is 2.49. The summed E-state index contributed by atoms with van der Waals surface area (Å²) in [5.74, 6) is 0.333. The summed E-state index contributed by atoms with van der Waals surface area (Å²) in [6.45, 7) is 13.2. The summed E-state index contributed by atoms with van der Waals surface area (Å²) in [6.07, 6.45) is 1.94. The maximum atomic E-state index is 13.1. The average molecular weight is 462 g/mol. The van der Waals surface area contributed by atoms with E-state index >= 15 is 0 Å². The average Bonchev–Trinajstić information content (AvgIpc) is 2.72. The van der Waals surface area contributed by atoms with Crippen molar-refractivity contribution in [2.45, 2.75) is 65.2 Å². The Morgan fingerprint density at radius 3 is 1.84 bits per heavy atom. The van der Waals surface area contributed by atoms with Gasteiger partial charge in [-0.3, -0.25) is 4.57 Å². The number of anilines is 1. The molecule has 2 rings (SSSR count). The van der Waals surface area contributed by atoms with Crippen LogP contribution in [0.2, 0.25) is 0 Å². The van der Waals surface area contributed by atoms with Gasteiger partial charge >= 0.3 is 7.60 Å². The van der Waals surface area contributed by atoms with Crippen LogP contribution in [-0.2, 0) is 30.9 Å². The van der Waals surface area contributed by atoms with Gasteiger partial charge in [-0.05, 0) is 41.4 Å². The predicted octanol–water partition coefficient (Wildman–Crippen LogP) is 6.87. The minimum absolute atomic E-state index is 0.146. The highest BCUT2D eigenvalue weighted by atomic mass is 31.2. The van der Waals surface area contributed by atoms with Crippen molar-refractivity contribution in [3.8, 4) is 5.75 Å². The van der Waals surface area contributed by atoms with E-state index in [1.54, 1.807) is 0 Å². The molecule has 0 amide bonds. The summed E-state index contributed by atoms with van der Waals surface area (Å²) < 4.78 is 23.6. The molecule has 0 fully saturated rings. The van der Waals surface area contributed by atoms with Gasteiger partial charge in [0.25, 0.3) is 0 Å². The van der Waals surface area contributed by atoms with Crippen LogP contribution in [0.4, 0.5) is 5.69 Å². The summed E-state index contributed by atoms with van der Waals surface area (Å²) in [6, 6.07) is 14.4. The van der Waals surface area contributed by atoms with E-state index < -0.39 is 7.60 Å². The molecule has 0 spiro atoms. The van der Waals surface area contributed by atoms with Crippen molar-refractivity contribution in [2.75, 3.05) is 32.0 Å². The molecular weight excluding hydrogens is 421 g/mol. The molecule has 5 nitrogen and oxygen atoms in total. The molecule has 0 atom stereocenters. The minimum atomic E-state index is -3.27. The second-order valence-corrected chi connectivity index (χ2v) is 12.6. The van der Waals surface area contributed by atoms with Crippen molar-refractivity contribution >= 4 is 13.3 Å². The Morgan fingerprint density at radius 2 is 1.41 bits per heavy atom. The third-order valence-corrected chi connectivity index (χ3v) is 7.51. The fourth-order valence-corrected chi connectivity index (χ4v) is 4.85. The molecule has 2 aromatic carbocycles. The Hall–Kier alpha value is -1.81. The molecule has 6 heteroatoms. The summed E-state index contributed by atoms with van der Waals surface area (Å²) in [7, 11) is -0.433. The van der Waals surface area contributed by atoms with Gasteiger partial charge in [-0.15, -0.1) is 0 Å². The molecule has 0 aromatic heterocycles. The molecule has 0 saturated heterocycles. The van der Waals surface area contributed by atoms with Crippen LogP contribution in [0, 0.1) is 0 Å². The number of hydrogen-bond acceptors (Lipinski definition) is 5. The summed E-state index contributed by atoms with van der Waals surface area (Å²) in [5.41, 5.74) is 3.44. The Morgan fingerprint density at radius 1 is 0.906 bits per heavy atom. The fourth-order valence-electron chi connectivity index (χ4n) is 3.74. The lowest BCUT2D eigenvalue weighted by Crippen LogP contribution is -2.28. The summed E-state index contributed by atoms with van der Waals surface area (Å²) in [4.78, 5) is 2.07. The monoisotopic (exact) mass is 461 g/mol. The number of aromatic hydroxyl groups is 1. The molecule has 178 valence electrons. The zero-order valence-corrected chi connectivity index (χ0v) is 21.8. The first-order valence-electron chi connectivity index (χ1n) is 11.2. The first-order valence-corrected chi connectivity index (χ1v) is 12.9. The van der Waals surface area contributed by atoms with Crippen LogP contribution >= 0.6 is 7.60 Å². The van der Waals surface area contributed by atoms with Crippen molar-refractivity contribution in [1.29, 1.82) is 0 Å². The van der Waals surface area contributed by atoms with Crippen LogP contribution in [0.25, 0.3) is 0 Å². The zero-order chi connectivity index (χ0) is 24.2. The van der Waals surface area contributed by atoms with Gasteiger partial charge in [-0.25, -0.2) is 0 Å². The highest BCUT2D eigenvalue weighted by Gasteiger charge is 2.30. The van der Waals surface area contributed by atoms with Crippen molar-refractivity contribution in [3.05, 3.63) is 59.2 Å². The number of hydrogen-bond donors (Lipinski definition) is 1. The number of phenols is 1. The molecule has 0 aliphatic heterocycles. The van der Waals surface area contributed by atoms with Gasteiger partial charge < -0.3 is 19.1 Å². The fraction of sp³-hybridized carbons (Fsp3) is 0.538. The van der Waals surface area contributed by atoms with E-state index in [0.29, 0.717) is 12.3 Å². The van der Waals surface area contributed by atoms with Gasteiger partial charge in [0.05, 0.1) is 0 Å². The molecule has 1 N–H and O–H groups in total. The third kappa shape index (κ3) is 6.84. The van der Waals surface area contributed by atoms with Gasteiger partial charge in [0.2, 0.25) is 0 Å². The molecular formula is C26H40NO4P. The highest BCUT2D eigenvalue weighted by Crippen LogP contribution is 2.49. The molecule has 0 saturated carbocycles. The lowest BCUT2D eigenvalue weighted by molar-refractivity contribution is 0.275. The van der Waals surface area contributed by atoms with Gasteiger partial charge in [0.1, 0.15) is 12.0 Å². The molecule has 32 heavy (non-hydrogen) atoms. The minimum Gasteiger partial charge on any atom is -0.507 e. The number of aryl methyl sites for hydroxylation is 1.